The molecule has 4 heterocycles. The molecule has 0 aliphatic carbocycles. The summed E-state index contributed by atoms with van der Waals surface area (Å²) >= 11 is 12.2. The molecule has 2 aliphatic heterocycles. The first-order valence-corrected chi connectivity index (χ1v) is 10.0. The molecule has 0 N–H and O–H groups in total. The molecule has 8 heteroatoms. The second-order valence-electron chi connectivity index (χ2n) is 7.67. The standard InChI is InChI=1S/C21H19Cl2N3O3/c1-11(12-4-6-13(22)7-5-12)15-16-17(29-21(2,3)28-16)20(27-15)26-9-8-14-18(23)24-10-25-19(14)26/h4-10,15-17,20H,1H2,2-3H3/t15-,16-,17-,20-/m1/s1. The van der Waals surface area contributed by atoms with E-state index in [-0.39, 0.29) is 18.3 Å². The molecule has 0 radical (unpaired) electrons. The maximum absolute atomic E-state index is 6.44. The van der Waals surface area contributed by atoms with Crippen LogP contribution >= 0.6 is 23.2 Å². The van der Waals surface area contributed by atoms with Gasteiger partial charge in [-0.2, -0.15) is 0 Å². The number of hydrogen-bond donors (Lipinski definition) is 0. The highest BCUT2D eigenvalue weighted by molar-refractivity contribution is 6.33. The fourth-order valence-corrected chi connectivity index (χ4v) is 4.37. The lowest BCUT2D eigenvalue weighted by atomic mass is 9.97. The molecule has 2 aliphatic rings. The number of aromatic nitrogens is 3. The Hall–Kier alpha value is -1.96. The van der Waals surface area contributed by atoms with Crippen molar-refractivity contribution in [2.75, 3.05) is 0 Å². The van der Waals surface area contributed by atoms with E-state index in [4.69, 9.17) is 37.4 Å². The zero-order chi connectivity index (χ0) is 20.3. The van der Waals surface area contributed by atoms with Gasteiger partial charge in [0.15, 0.2) is 12.0 Å². The Balaban J connectivity index is 1.54. The van der Waals surface area contributed by atoms with E-state index in [2.05, 4.69) is 16.5 Å². The minimum atomic E-state index is -0.731. The molecule has 5 rings (SSSR count). The van der Waals surface area contributed by atoms with Crippen molar-refractivity contribution in [3.8, 4) is 0 Å². The summed E-state index contributed by atoms with van der Waals surface area (Å²) in [5.74, 6) is -0.731. The lowest BCUT2D eigenvalue weighted by molar-refractivity contribution is -0.190. The van der Waals surface area contributed by atoms with Gasteiger partial charge in [0.2, 0.25) is 0 Å². The summed E-state index contributed by atoms with van der Waals surface area (Å²) < 4.78 is 20.8. The smallest absolute Gasteiger partial charge is 0.165 e. The number of hydrogen-bond acceptors (Lipinski definition) is 5. The van der Waals surface area contributed by atoms with Crippen molar-refractivity contribution >= 4 is 39.8 Å². The van der Waals surface area contributed by atoms with E-state index in [0.717, 1.165) is 16.5 Å². The minimum Gasteiger partial charge on any atom is -0.344 e. The molecule has 2 fully saturated rings. The molecule has 6 nitrogen and oxygen atoms in total. The second kappa shape index (κ2) is 6.79. The van der Waals surface area contributed by atoms with Gasteiger partial charge in [0.05, 0.1) is 5.39 Å². The fraction of sp³-hybridized carbons (Fsp3) is 0.333. The Morgan fingerprint density at radius 1 is 1.07 bits per heavy atom. The van der Waals surface area contributed by atoms with Crippen molar-refractivity contribution < 1.29 is 14.2 Å². The first kappa shape index (κ1) is 19.0. The molecule has 0 spiro atoms. The summed E-state index contributed by atoms with van der Waals surface area (Å²) in [7, 11) is 0. The average molecular weight is 432 g/mol. The Bertz CT molecular complexity index is 1100. The maximum Gasteiger partial charge on any atom is 0.165 e. The highest BCUT2D eigenvalue weighted by atomic mass is 35.5. The summed E-state index contributed by atoms with van der Waals surface area (Å²) in [5, 5.41) is 1.82. The minimum absolute atomic E-state index is 0.312. The molecule has 2 saturated heterocycles. The molecule has 150 valence electrons. The molecule has 2 aromatic heterocycles. The normalized spacial score (nSPS) is 28.0. The third kappa shape index (κ3) is 3.16. The molecule has 0 unspecified atom stereocenters. The number of rotatable bonds is 3. The van der Waals surface area contributed by atoms with Crippen LogP contribution < -0.4 is 0 Å². The summed E-state index contributed by atoms with van der Waals surface area (Å²) in [6.07, 6.45) is 1.85. The molecule has 29 heavy (non-hydrogen) atoms. The van der Waals surface area contributed by atoms with E-state index in [9.17, 15) is 0 Å². The van der Waals surface area contributed by atoms with Gasteiger partial charge < -0.3 is 18.8 Å². The third-order valence-electron chi connectivity index (χ3n) is 5.32. The largest absolute Gasteiger partial charge is 0.344 e. The Labute approximate surface area is 178 Å². The van der Waals surface area contributed by atoms with Crippen molar-refractivity contribution in [3.05, 3.63) is 65.2 Å². The van der Waals surface area contributed by atoms with E-state index in [1.54, 1.807) is 0 Å². The van der Waals surface area contributed by atoms with Gasteiger partial charge >= 0.3 is 0 Å². The van der Waals surface area contributed by atoms with Crippen LogP contribution in [-0.4, -0.2) is 38.6 Å². The van der Waals surface area contributed by atoms with Crippen LogP contribution in [0.2, 0.25) is 10.2 Å². The van der Waals surface area contributed by atoms with Gasteiger partial charge in [-0.1, -0.05) is 41.9 Å². The van der Waals surface area contributed by atoms with Crippen LogP contribution in [-0.2, 0) is 14.2 Å². The van der Waals surface area contributed by atoms with E-state index in [1.807, 2.05) is 54.9 Å². The third-order valence-corrected chi connectivity index (χ3v) is 5.88. The topological polar surface area (TPSA) is 58.4 Å². The van der Waals surface area contributed by atoms with Crippen LogP contribution in [0.1, 0.15) is 25.6 Å². The molecule has 3 aromatic rings. The van der Waals surface area contributed by atoms with E-state index < -0.39 is 12.0 Å². The van der Waals surface area contributed by atoms with Crippen LogP contribution in [0.4, 0.5) is 0 Å². The van der Waals surface area contributed by atoms with Crippen molar-refractivity contribution in [1.82, 2.24) is 14.5 Å². The highest BCUT2D eigenvalue weighted by Gasteiger charge is 2.56. The predicted octanol–water partition coefficient (Wildman–Crippen LogP) is 4.87. The lowest BCUT2D eigenvalue weighted by Crippen LogP contribution is -2.30. The van der Waals surface area contributed by atoms with Gasteiger partial charge in [0.1, 0.15) is 35.4 Å². The number of halogens is 2. The summed E-state index contributed by atoms with van der Waals surface area (Å²) in [6, 6.07) is 9.39. The van der Waals surface area contributed by atoms with Crippen LogP contribution in [0.3, 0.4) is 0 Å². The first-order valence-electron chi connectivity index (χ1n) is 9.27. The Kier molecular flexibility index (Phi) is 4.46. The van der Waals surface area contributed by atoms with Gasteiger partial charge in [-0.05, 0) is 43.2 Å². The van der Waals surface area contributed by atoms with Crippen molar-refractivity contribution in [1.29, 1.82) is 0 Å². The fourth-order valence-electron chi connectivity index (χ4n) is 4.05. The van der Waals surface area contributed by atoms with Crippen LogP contribution in [0, 0.1) is 0 Å². The predicted molar refractivity (Wildman–Crippen MR) is 111 cm³/mol. The SMILES string of the molecule is C=C(c1ccc(Cl)cc1)[C@H]1O[C@@H](n2ccc3c(Cl)ncnc32)[C@@H]2OC(C)(C)O[C@@H]21. The van der Waals surface area contributed by atoms with Crippen molar-refractivity contribution in [2.45, 2.75) is 44.2 Å². The number of ether oxygens (including phenoxy) is 3. The zero-order valence-electron chi connectivity index (χ0n) is 15.9. The maximum atomic E-state index is 6.44. The van der Waals surface area contributed by atoms with Crippen molar-refractivity contribution in [2.24, 2.45) is 0 Å². The number of benzene rings is 1. The van der Waals surface area contributed by atoms with Gasteiger partial charge in [0.25, 0.3) is 0 Å². The lowest BCUT2D eigenvalue weighted by Gasteiger charge is -2.26. The Morgan fingerprint density at radius 3 is 2.55 bits per heavy atom. The van der Waals surface area contributed by atoms with E-state index in [1.165, 1.54) is 6.33 Å². The molecular weight excluding hydrogens is 413 g/mol. The molecule has 0 saturated carbocycles. The van der Waals surface area contributed by atoms with E-state index >= 15 is 0 Å². The monoisotopic (exact) mass is 431 g/mol. The average Bonchev–Trinajstić information content (AvgIpc) is 3.33. The van der Waals surface area contributed by atoms with Crippen molar-refractivity contribution in [3.63, 3.8) is 0 Å². The molecule has 0 amide bonds. The first-order chi connectivity index (χ1) is 13.8. The number of nitrogens with zero attached hydrogens (tertiary/aromatic N) is 3. The van der Waals surface area contributed by atoms with Gasteiger partial charge in [-0.15, -0.1) is 0 Å². The quantitative estimate of drug-likeness (QED) is 0.553. The molecular formula is C21H19Cl2N3O3. The Morgan fingerprint density at radius 2 is 1.79 bits per heavy atom. The summed E-state index contributed by atoms with van der Waals surface area (Å²) in [6.45, 7) is 8.08. The van der Waals surface area contributed by atoms with E-state index in [0.29, 0.717) is 15.8 Å². The molecule has 4 atom stereocenters. The summed E-state index contributed by atoms with van der Waals surface area (Å²) in [4.78, 5) is 8.43. The van der Waals surface area contributed by atoms with Crippen LogP contribution in [0.25, 0.3) is 16.6 Å². The van der Waals surface area contributed by atoms with Crippen LogP contribution in [0.5, 0.6) is 0 Å². The molecule has 0 bridgehead atoms. The van der Waals surface area contributed by atoms with Crippen LogP contribution in [0.15, 0.2) is 49.4 Å². The zero-order valence-corrected chi connectivity index (χ0v) is 17.4. The highest BCUT2D eigenvalue weighted by Crippen LogP contribution is 2.47. The molecule has 1 aromatic carbocycles. The van der Waals surface area contributed by atoms with Gasteiger partial charge in [-0.3, -0.25) is 0 Å². The van der Waals surface area contributed by atoms with Gasteiger partial charge in [0, 0.05) is 11.2 Å². The number of fused-ring (bicyclic) bond motifs is 2. The van der Waals surface area contributed by atoms with Gasteiger partial charge in [-0.25, -0.2) is 9.97 Å². The second-order valence-corrected chi connectivity index (χ2v) is 8.46. The summed E-state index contributed by atoms with van der Waals surface area (Å²) in [5.41, 5.74) is 2.43.